The van der Waals surface area contributed by atoms with Crippen molar-refractivity contribution in [2.45, 2.75) is 26.2 Å². The number of benzene rings is 1. The second-order valence-corrected chi connectivity index (χ2v) is 4.02. The third-order valence-electron chi connectivity index (χ3n) is 2.26. The van der Waals surface area contributed by atoms with Crippen LogP contribution in [0.4, 0.5) is 0 Å². The van der Waals surface area contributed by atoms with Crippen LogP contribution in [0, 0.1) is 11.8 Å². The Labute approximate surface area is 107 Å². The van der Waals surface area contributed by atoms with Crippen molar-refractivity contribution in [2.24, 2.45) is 0 Å². The molecule has 0 amide bonds. The molecule has 1 aromatic rings. The summed E-state index contributed by atoms with van der Waals surface area (Å²) in [6.45, 7) is 2.09. The van der Waals surface area contributed by atoms with E-state index >= 15 is 0 Å². The van der Waals surface area contributed by atoms with Crippen LogP contribution >= 0.6 is 11.6 Å². The topological polar surface area (TPSA) is 26.3 Å². The molecule has 1 rings (SSSR count). The smallest absolute Gasteiger partial charge is 0.239 e. The van der Waals surface area contributed by atoms with Gasteiger partial charge in [-0.3, -0.25) is 4.79 Å². The molecular weight excluding hydrogens is 236 g/mol. The Bertz CT molecular complexity index is 455. The van der Waals surface area contributed by atoms with Gasteiger partial charge >= 0.3 is 0 Å². The van der Waals surface area contributed by atoms with Crippen LogP contribution in [0.2, 0.25) is 5.02 Å². The molecule has 0 saturated heterocycles. The maximum Gasteiger partial charge on any atom is 0.239 e. The molecule has 2 nitrogen and oxygen atoms in total. The molecule has 0 unspecified atom stereocenters. The maximum absolute atomic E-state index is 11.8. The predicted octanol–water partition coefficient (Wildman–Crippen LogP) is 3.72. The minimum Gasteiger partial charge on any atom is -0.496 e. The highest BCUT2D eigenvalue weighted by Gasteiger charge is 2.10. The Balaban J connectivity index is 2.86. The van der Waals surface area contributed by atoms with Crippen molar-refractivity contribution < 1.29 is 9.53 Å². The van der Waals surface area contributed by atoms with Crippen molar-refractivity contribution >= 4 is 17.4 Å². The van der Waals surface area contributed by atoms with Crippen LogP contribution in [0.25, 0.3) is 0 Å². The van der Waals surface area contributed by atoms with Crippen LogP contribution < -0.4 is 4.74 Å². The van der Waals surface area contributed by atoms with Crippen molar-refractivity contribution in [3.05, 3.63) is 28.8 Å². The summed E-state index contributed by atoms with van der Waals surface area (Å²) >= 11 is 5.85. The van der Waals surface area contributed by atoms with Crippen LogP contribution in [0.5, 0.6) is 5.75 Å². The number of halogens is 1. The van der Waals surface area contributed by atoms with E-state index in [1.54, 1.807) is 18.2 Å². The monoisotopic (exact) mass is 250 g/mol. The molecule has 17 heavy (non-hydrogen) atoms. The molecule has 0 aliphatic heterocycles. The Hall–Kier alpha value is -1.46. The molecule has 3 heteroatoms. The Kier molecular flexibility index (Phi) is 5.59. The largest absolute Gasteiger partial charge is 0.496 e. The minimum absolute atomic E-state index is 0.250. The van der Waals surface area contributed by atoms with Gasteiger partial charge in [0, 0.05) is 11.4 Å². The zero-order chi connectivity index (χ0) is 12.7. The SMILES string of the molecule is CCCCC#CC(=O)c1cc(Cl)ccc1OC. The van der Waals surface area contributed by atoms with Gasteiger partial charge < -0.3 is 4.74 Å². The van der Waals surface area contributed by atoms with E-state index in [0.29, 0.717) is 16.3 Å². The first kappa shape index (κ1) is 13.6. The lowest BCUT2D eigenvalue weighted by Gasteiger charge is -2.04. The number of ketones is 1. The van der Waals surface area contributed by atoms with Gasteiger partial charge in [0.2, 0.25) is 5.78 Å². The molecule has 0 aliphatic carbocycles. The molecule has 0 saturated carbocycles. The summed E-state index contributed by atoms with van der Waals surface area (Å²) in [6.07, 6.45) is 2.82. The summed E-state index contributed by atoms with van der Waals surface area (Å²) in [6, 6.07) is 4.93. The van der Waals surface area contributed by atoms with Gasteiger partial charge in [-0.2, -0.15) is 0 Å². The normalized spacial score (nSPS) is 9.35. The van der Waals surface area contributed by atoms with E-state index in [2.05, 4.69) is 18.8 Å². The van der Waals surface area contributed by atoms with E-state index in [4.69, 9.17) is 16.3 Å². The Morgan fingerprint density at radius 3 is 2.88 bits per heavy atom. The summed E-state index contributed by atoms with van der Waals surface area (Å²) in [5.74, 6) is 5.72. The number of Topliss-reactive ketones (excluding diaryl/α,β-unsaturated/α-hetero) is 1. The minimum atomic E-state index is -0.250. The summed E-state index contributed by atoms with van der Waals surface area (Å²) in [7, 11) is 1.52. The lowest BCUT2D eigenvalue weighted by atomic mass is 10.1. The number of hydrogen-bond donors (Lipinski definition) is 0. The standard InChI is InChI=1S/C14H15ClO2/c1-3-4-5-6-7-13(16)12-10-11(15)8-9-14(12)17-2/h8-10H,3-5H2,1-2H3. The molecule has 0 radical (unpaired) electrons. The van der Waals surface area contributed by atoms with E-state index in [1.807, 2.05) is 0 Å². The fourth-order valence-corrected chi connectivity index (χ4v) is 1.51. The molecule has 0 bridgehead atoms. The summed E-state index contributed by atoms with van der Waals surface area (Å²) in [4.78, 5) is 11.8. The van der Waals surface area contributed by atoms with Crippen LogP contribution in [0.3, 0.4) is 0 Å². The van der Waals surface area contributed by atoms with Gasteiger partial charge in [0.1, 0.15) is 5.75 Å². The maximum atomic E-state index is 11.8. The first-order chi connectivity index (χ1) is 8.19. The highest BCUT2D eigenvalue weighted by molar-refractivity contribution is 6.31. The predicted molar refractivity (Wildman–Crippen MR) is 69.6 cm³/mol. The second-order valence-electron chi connectivity index (χ2n) is 3.58. The summed E-state index contributed by atoms with van der Waals surface area (Å²) < 4.78 is 5.10. The van der Waals surface area contributed by atoms with Crippen LogP contribution in [-0.4, -0.2) is 12.9 Å². The summed E-state index contributed by atoms with van der Waals surface area (Å²) in [5, 5.41) is 0.504. The molecule has 0 fully saturated rings. The van der Waals surface area contributed by atoms with Crippen molar-refractivity contribution in [1.29, 1.82) is 0 Å². The van der Waals surface area contributed by atoms with Gasteiger partial charge in [-0.1, -0.05) is 30.9 Å². The average molecular weight is 251 g/mol. The molecular formula is C14H15ClO2. The molecule has 90 valence electrons. The van der Waals surface area contributed by atoms with Crippen molar-refractivity contribution in [3.63, 3.8) is 0 Å². The number of carbonyl (C=O) groups is 1. The average Bonchev–Trinajstić information content (AvgIpc) is 2.34. The Morgan fingerprint density at radius 2 is 2.24 bits per heavy atom. The fourth-order valence-electron chi connectivity index (χ4n) is 1.33. The number of ether oxygens (including phenoxy) is 1. The molecule has 0 spiro atoms. The van der Waals surface area contributed by atoms with Crippen molar-refractivity contribution in [1.82, 2.24) is 0 Å². The number of methoxy groups -OCH3 is 1. The van der Waals surface area contributed by atoms with Crippen LogP contribution in [0.1, 0.15) is 36.5 Å². The van der Waals surface area contributed by atoms with Gasteiger partial charge in [0.25, 0.3) is 0 Å². The van der Waals surface area contributed by atoms with Gasteiger partial charge in [0.05, 0.1) is 12.7 Å². The number of hydrogen-bond acceptors (Lipinski definition) is 2. The van der Waals surface area contributed by atoms with Gasteiger partial charge in [-0.25, -0.2) is 0 Å². The third-order valence-corrected chi connectivity index (χ3v) is 2.50. The highest BCUT2D eigenvalue weighted by atomic mass is 35.5. The van der Waals surface area contributed by atoms with E-state index in [1.165, 1.54) is 7.11 Å². The van der Waals surface area contributed by atoms with Crippen LogP contribution in [0.15, 0.2) is 18.2 Å². The molecule has 0 N–H and O–H groups in total. The Morgan fingerprint density at radius 1 is 1.47 bits per heavy atom. The van der Waals surface area contributed by atoms with Crippen LogP contribution in [-0.2, 0) is 0 Å². The van der Waals surface area contributed by atoms with Gasteiger partial charge in [-0.15, -0.1) is 0 Å². The molecule has 0 aromatic heterocycles. The molecule has 0 aliphatic rings. The van der Waals surface area contributed by atoms with E-state index < -0.39 is 0 Å². The van der Waals surface area contributed by atoms with Crippen molar-refractivity contribution in [3.8, 4) is 17.6 Å². The fraction of sp³-hybridized carbons (Fsp3) is 0.357. The van der Waals surface area contributed by atoms with E-state index in [9.17, 15) is 4.79 Å². The first-order valence-corrected chi connectivity index (χ1v) is 5.93. The number of rotatable bonds is 4. The van der Waals surface area contributed by atoms with Crippen molar-refractivity contribution in [2.75, 3.05) is 7.11 Å². The van der Waals surface area contributed by atoms with Gasteiger partial charge in [0.15, 0.2) is 0 Å². The second kappa shape index (κ2) is 6.98. The summed E-state index contributed by atoms with van der Waals surface area (Å²) in [5.41, 5.74) is 0.420. The quantitative estimate of drug-likeness (QED) is 0.352. The lowest BCUT2D eigenvalue weighted by molar-refractivity contribution is 0.105. The highest BCUT2D eigenvalue weighted by Crippen LogP contribution is 2.22. The molecule has 0 heterocycles. The third kappa shape index (κ3) is 4.13. The zero-order valence-electron chi connectivity index (χ0n) is 10.0. The molecule has 1 aromatic carbocycles. The van der Waals surface area contributed by atoms with E-state index in [-0.39, 0.29) is 5.78 Å². The van der Waals surface area contributed by atoms with Gasteiger partial charge in [-0.05, 0) is 30.5 Å². The lowest BCUT2D eigenvalue weighted by Crippen LogP contribution is -1.99. The first-order valence-electron chi connectivity index (χ1n) is 5.55. The zero-order valence-corrected chi connectivity index (χ0v) is 10.8. The number of unbranched alkanes of at least 4 members (excludes halogenated alkanes) is 2. The number of carbonyl (C=O) groups excluding carboxylic acids is 1. The molecule has 0 atom stereocenters. The van der Waals surface area contributed by atoms with E-state index in [0.717, 1.165) is 19.3 Å².